The third kappa shape index (κ3) is 3.74. The van der Waals surface area contributed by atoms with E-state index in [9.17, 15) is 24.4 Å². The van der Waals surface area contributed by atoms with Gasteiger partial charge in [0, 0.05) is 0 Å². The van der Waals surface area contributed by atoms with Crippen molar-refractivity contribution in [3.05, 3.63) is 29.8 Å². The Hall–Kier alpha value is -3.21. The second kappa shape index (κ2) is 7.80. The molecular formula is C20H21N3O5. The van der Waals surface area contributed by atoms with E-state index in [1.807, 2.05) is 0 Å². The predicted octanol–water partition coefficient (Wildman–Crippen LogP) is 1.49. The standard InChI is InChI=1S/C20H21N3O5/c1-13(18(26)22-20(12-21)9-5-2-6-10-20)28-16(24)11-23-15-8-4-3-7-14(15)17(25)19(23)27/h3-4,7-8,13H,2,5-6,9-11H2,1H3,(H,22,26)/t13-/m1/s1. The van der Waals surface area contributed by atoms with Crippen molar-refractivity contribution < 1.29 is 23.9 Å². The number of Topliss-reactive ketones (excluding diaryl/α,β-unsaturated/α-hetero) is 1. The molecule has 2 amide bonds. The fraction of sp³-hybridized carbons (Fsp3) is 0.450. The second-order valence-electron chi connectivity index (χ2n) is 7.11. The zero-order valence-corrected chi connectivity index (χ0v) is 15.6. The molecule has 28 heavy (non-hydrogen) atoms. The minimum Gasteiger partial charge on any atom is -0.451 e. The van der Waals surface area contributed by atoms with Crippen LogP contribution in [0.5, 0.6) is 0 Å². The first-order chi connectivity index (χ1) is 13.4. The molecule has 1 saturated carbocycles. The SMILES string of the molecule is C[C@@H](OC(=O)CN1C(=O)C(=O)c2ccccc21)C(=O)NC1(C#N)CCCCC1. The summed E-state index contributed by atoms with van der Waals surface area (Å²) in [5.74, 6) is -2.85. The maximum Gasteiger partial charge on any atom is 0.326 e. The Balaban J connectivity index is 1.60. The van der Waals surface area contributed by atoms with Gasteiger partial charge in [-0.3, -0.25) is 24.1 Å². The zero-order chi connectivity index (χ0) is 20.3. The zero-order valence-electron chi connectivity index (χ0n) is 15.6. The minimum absolute atomic E-state index is 0.236. The van der Waals surface area contributed by atoms with Crippen LogP contribution in [-0.2, 0) is 19.1 Å². The topological polar surface area (TPSA) is 117 Å². The minimum atomic E-state index is -1.12. The average Bonchev–Trinajstić information content (AvgIpc) is 2.93. The van der Waals surface area contributed by atoms with E-state index in [1.165, 1.54) is 13.0 Å². The van der Waals surface area contributed by atoms with Gasteiger partial charge in [0.15, 0.2) is 6.10 Å². The number of nitrogens with one attached hydrogen (secondary N) is 1. The van der Waals surface area contributed by atoms with Crippen LogP contribution in [0, 0.1) is 11.3 Å². The van der Waals surface area contributed by atoms with Crippen molar-refractivity contribution >= 4 is 29.3 Å². The third-order valence-corrected chi connectivity index (χ3v) is 5.13. The molecular weight excluding hydrogens is 362 g/mol. The number of hydrogen-bond donors (Lipinski definition) is 1. The highest BCUT2D eigenvalue weighted by Crippen LogP contribution is 2.29. The molecule has 1 aliphatic heterocycles. The molecule has 1 atom stereocenters. The fourth-order valence-corrected chi connectivity index (χ4v) is 3.58. The van der Waals surface area contributed by atoms with Gasteiger partial charge in [-0.2, -0.15) is 5.26 Å². The molecule has 8 nitrogen and oxygen atoms in total. The number of ketones is 1. The highest BCUT2D eigenvalue weighted by atomic mass is 16.5. The van der Waals surface area contributed by atoms with Crippen LogP contribution in [0.3, 0.4) is 0 Å². The van der Waals surface area contributed by atoms with E-state index < -0.39 is 41.8 Å². The van der Waals surface area contributed by atoms with Crippen LogP contribution in [0.2, 0.25) is 0 Å². The summed E-state index contributed by atoms with van der Waals surface area (Å²) in [4.78, 5) is 49.8. The summed E-state index contributed by atoms with van der Waals surface area (Å²) in [5, 5.41) is 12.1. The number of fused-ring (bicyclic) bond motifs is 1. The summed E-state index contributed by atoms with van der Waals surface area (Å²) in [6, 6.07) is 8.55. The summed E-state index contributed by atoms with van der Waals surface area (Å²) in [5.41, 5.74) is -0.344. The summed E-state index contributed by atoms with van der Waals surface area (Å²) in [7, 11) is 0. The number of ether oxygens (including phenoxy) is 1. The number of anilines is 1. The van der Waals surface area contributed by atoms with Crippen molar-refractivity contribution in [2.24, 2.45) is 0 Å². The van der Waals surface area contributed by atoms with E-state index in [0.29, 0.717) is 18.5 Å². The predicted molar refractivity (Wildman–Crippen MR) is 98.3 cm³/mol. The van der Waals surface area contributed by atoms with Gasteiger partial charge in [-0.15, -0.1) is 0 Å². The smallest absolute Gasteiger partial charge is 0.326 e. The summed E-state index contributed by atoms with van der Waals surface area (Å²) in [6.07, 6.45) is 2.74. The summed E-state index contributed by atoms with van der Waals surface area (Å²) < 4.78 is 5.14. The lowest BCUT2D eigenvalue weighted by Crippen LogP contribution is -2.52. The van der Waals surface area contributed by atoms with E-state index in [0.717, 1.165) is 24.2 Å². The van der Waals surface area contributed by atoms with Gasteiger partial charge >= 0.3 is 5.97 Å². The molecule has 1 aromatic rings. The number of para-hydroxylation sites is 1. The van der Waals surface area contributed by atoms with E-state index in [-0.39, 0.29) is 5.56 Å². The van der Waals surface area contributed by atoms with Crippen molar-refractivity contribution in [1.29, 1.82) is 5.26 Å². The number of hydrogen-bond acceptors (Lipinski definition) is 6. The first kappa shape index (κ1) is 19.5. The van der Waals surface area contributed by atoms with Crippen molar-refractivity contribution in [2.45, 2.75) is 50.7 Å². The van der Waals surface area contributed by atoms with E-state index >= 15 is 0 Å². The Morgan fingerprint density at radius 1 is 1.25 bits per heavy atom. The quantitative estimate of drug-likeness (QED) is 0.608. The number of nitrogens with zero attached hydrogens (tertiary/aromatic N) is 2. The number of esters is 1. The van der Waals surface area contributed by atoms with E-state index in [2.05, 4.69) is 11.4 Å². The van der Waals surface area contributed by atoms with Gasteiger partial charge in [-0.05, 0) is 31.9 Å². The number of nitriles is 1. The van der Waals surface area contributed by atoms with Crippen molar-refractivity contribution in [3.8, 4) is 6.07 Å². The molecule has 1 aromatic carbocycles. The lowest BCUT2D eigenvalue weighted by Gasteiger charge is -2.32. The van der Waals surface area contributed by atoms with Gasteiger partial charge in [0.1, 0.15) is 12.1 Å². The molecule has 1 aliphatic carbocycles. The first-order valence-corrected chi connectivity index (χ1v) is 9.25. The Kier molecular flexibility index (Phi) is 5.45. The number of carbonyl (C=O) groups is 4. The molecule has 2 aliphatic rings. The average molecular weight is 383 g/mol. The molecule has 0 spiro atoms. The van der Waals surface area contributed by atoms with Crippen molar-refractivity contribution in [3.63, 3.8) is 0 Å². The molecule has 0 unspecified atom stereocenters. The summed E-state index contributed by atoms with van der Waals surface area (Å²) >= 11 is 0. The Bertz CT molecular complexity index is 867. The summed E-state index contributed by atoms with van der Waals surface area (Å²) in [6.45, 7) is 0.939. The van der Waals surface area contributed by atoms with E-state index in [4.69, 9.17) is 4.74 Å². The van der Waals surface area contributed by atoms with Crippen LogP contribution in [0.15, 0.2) is 24.3 Å². The highest BCUT2D eigenvalue weighted by molar-refractivity contribution is 6.52. The molecule has 0 saturated heterocycles. The monoisotopic (exact) mass is 383 g/mol. The molecule has 0 aromatic heterocycles. The fourth-order valence-electron chi connectivity index (χ4n) is 3.58. The Labute approximate surface area is 162 Å². The maximum atomic E-state index is 12.4. The number of benzene rings is 1. The lowest BCUT2D eigenvalue weighted by molar-refractivity contribution is -0.154. The molecule has 0 radical (unpaired) electrons. The third-order valence-electron chi connectivity index (χ3n) is 5.13. The van der Waals surface area contributed by atoms with Gasteiger partial charge < -0.3 is 10.1 Å². The van der Waals surface area contributed by atoms with Crippen LogP contribution in [0.4, 0.5) is 5.69 Å². The van der Waals surface area contributed by atoms with E-state index in [1.54, 1.807) is 18.2 Å². The normalized spacial score (nSPS) is 18.8. The second-order valence-corrected chi connectivity index (χ2v) is 7.11. The molecule has 3 rings (SSSR count). The number of rotatable bonds is 5. The number of amides is 2. The van der Waals surface area contributed by atoms with Crippen LogP contribution in [0.25, 0.3) is 0 Å². The molecule has 0 bridgehead atoms. The largest absolute Gasteiger partial charge is 0.451 e. The molecule has 1 heterocycles. The van der Waals surface area contributed by atoms with Crippen LogP contribution >= 0.6 is 0 Å². The lowest BCUT2D eigenvalue weighted by atomic mass is 9.83. The molecule has 1 N–H and O–H groups in total. The number of carbonyl (C=O) groups excluding carboxylic acids is 4. The molecule has 8 heteroatoms. The van der Waals surface area contributed by atoms with Gasteiger partial charge in [-0.25, -0.2) is 0 Å². The van der Waals surface area contributed by atoms with Crippen molar-refractivity contribution in [1.82, 2.24) is 5.32 Å². The molecule has 1 fully saturated rings. The highest BCUT2D eigenvalue weighted by Gasteiger charge is 2.38. The Morgan fingerprint density at radius 2 is 1.93 bits per heavy atom. The van der Waals surface area contributed by atoms with Gasteiger partial charge in [0.2, 0.25) is 0 Å². The maximum absolute atomic E-state index is 12.4. The van der Waals surface area contributed by atoms with Crippen LogP contribution in [0.1, 0.15) is 49.4 Å². The van der Waals surface area contributed by atoms with Gasteiger partial charge in [-0.1, -0.05) is 31.4 Å². The van der Waals surface area contributed by atoms with Gasteiger partial charge in [0.25, 0.3) is 17.6 Å². The van der Waals surface area contributed by atoms with Crippen LogP contribution in [-0.4, -0.2) is 41.8 Å². The Morgan fingerprint density at radius 3 is 2.61 bits per heavy atom. The first-order valence-electron chi connectivity index (χ1n) is 9.25. The van der Waals surface area contributed by atoms with Crippen molar-refractivity contribution in [2.75, 3.05) is 11.4 Å². The van der Waals surface area contributed by atoms with Crippen LogP contribution < -0.4 is 10.2 Å². The van der Waals surface area contributed by atoms with Gasteiger partial charge in [0.05, 0.1) is 17.3 Å². The molecule has 146 valence electrons.